The molecule has 1 unspecified atom stereocenters. The first kappa shape index (κ1) is 9.83. The normalized spacial score (nSPS) is 15.1. The van der Waals surface area contributed by atoms with Crippen molar-refractivity contribution in [2.75, 3.05) is 12.9 Å². The molecule has 0 spiro atoms. The molecule has 3 N–H and O–H groups in total. The highest BCUT2D eigenvalue weighted by molar-refractivity contribution is 7.88. The molecule has 0 heterocycles. The molecule has 0 aromatic heterocycles. The third-order valence-corrected chi connectivity index (χ3v) is 1.59. The van der Waals surface area contributed by atoms with Crippen molar-refractivity contribution in [3.63, 3.8) is 0 Å². The maximum Gasteiger partial charge on any atom is 0.209 e. The van der Waals surface area contributed by atoms with Crippen molar-refractivity contribution in [1.82, 2.24) is 4.72 Å². The van der Waals surface area contributed by atoms with Crippen LogP contribution in [0.5, 0.6) is 0 Å². The fourth-order valence-corrected chi connectivity index (χ4v) is 1.34. The monoisotopic (exact) mass is 168 g/mol. The van der Waals surface area contributed by atoms with Gasteiger partial charge in [0.05, 0.1) is 12.9 Å². The molecule has 5 nitrogen and oxygen atoms in total. The molecule has 10 heavy (non-hydrogen) atoms. The second-order valence-corrected chi connectivity index (χ2v) is 3.90. The van der Waals surface area contributed by atoms with Crippen LogP contribution in [0.3, 0.4) is 0 Å². The quantitative estimate of drug-likeness (QED) is 0.517. The third kappa shape index (κ3) is 5.96. The van der Waals surface area contributed by atoms with E-state index in [1.54, 1.807) is 6.92 Å². The second-order valence-electron chi connectivity index (χ2n) is 2.12. The van der Waals surface area contributed by atoms with Gasteiger partial charge in [-0.25, -0.2) is 19.0 Å². The lowest BCUT2D eigenvalue weighted by molar-refractivity contribution is 0.124. The zero-order chi connectivity index (χ0) is 8.20. The van der Waals surface area contributed by atoms with E-state index in [0.717, 1.165) is 6.26 Å². The third-order valence-electron chi connectivity index (χ3n) is 0.761. The molecule has 0 aromatic carbocycles. The Morgan fingerprint density at radius 1 is 1.70 bits per heavy atom. The Labute approximate surface area is 60.6 Å². The van der Waals surface area contributed by atoms with Gasteiger partial charge in [-0.2, -0.15) is 0 Å². The molecule has 0 aliphatic carbocycles. The summed E-state index contributed by atoms with van der Waals surface area (Å²) in [5.74, 6) is 4.71. The van der Waals surface area contributed by atoms with Crippen molar-refractivity contribution < 1.29 is 13.3 Å². The van der Waals surface area contributed by atoms with E-state index in [1.807, 2.05) is 0 Å². The molecule has 0 aliphatic heterocycles. The zero-order valence-corrected chi connectivity index (χ0v) is 6.81. The van der Waals surface area contributed by atoms with Crippen LogP contribution in [0.15, 0.2) is 0 Å². The fourth-order valence-electron chi connectivity index (χ4n) is 0.544. The number of rotatable bonds is 4. The molecule has 0 amide bonds. The van der Waals surface area contributed by atoms with Gasteiger partial charge in [0.1, 0.15) is 0 Å². The maximum atomic E-state index is 10.5. The molecule has 0 saturated carbocycles. The SMILES string of the molecule is CC(CON)NS(C)(=O)=O. The Balaban J connectivity index is 3.69. The summed E-state index contributed by atoms with van der Waals surface area (Å²) in [7, 11) is -3.13. The lowest BCUT2D eigenvalue weighted by atomic mass is 10.4. The van der Waals surface area contributed by atoms with Crippen LogP contribution in [0.25, 0.3) is 0 Å². The van der Waals surface area contributed by atoms with E-state index in [4.69, 9.17) is 5.90 Å². The first-order valence-corrected chi connectivity index (χ1v) is 4.64. The van der Waals surface area contributed by atoms with E-state index in [9.17, 15) is 8.42 Å². The average Bonchev–Trinajstić information content (AvgIpc) is 1.59. The zero-order valence-electron chi connectivity index (χ0n) is 5.99. The summed E-state index contributed by atoms with van der Waals surface area (Å²) >= 11 is 0. The van der Waals surface area contributed by atoms with Crippen molar-refractivity contribution in [1.29, 1.82) is 0 Å². The van der Waals surface area contributed by atoms with Gasteiger partial charge in [-0.15, -0.1) is 0 Å². The molecular formula is C4H12N2O3S. The van der Waals surface area contributed by atoms with Gasteiger partial charge in [-0.3, -0.25) is 0 Å². The minimum absolute atomic E-state index is 0.174. The summed E-state index contributed by atoms with van der Waals surface area (Å²) in [6, 6.07) is -0.278. The Hall–Kier alpha value is -0.170. The van der Waals surface area contributed by atoms with E-state index < -0.39 is 10.0 Å². The number of hydrogen-bond donors (Lipinski definition) is 2. The van der Waals surface area contributed by atoms with Crippen LogP contribution in [0, 0.1) is 0 Å². The van der Waals surface area contributed by atoms with E-state index in [1.165, 1.54) is 0 Å². The first-order chi connectivity index (χ1) is 4.45. The van der Waals surface area contributed by atoms with Crippen LogP contribution < -0.4 is 10.6 Å². The second kappa shape index (κ2) is 3.87. The van der Waals surface area contributed by atoms with E-state index in [-0.39, 0.29) is 12.6 Å². The molecule has 0 radical (unpaired) electrons. The van der Waals surface area contributed by atoms with Gasteiger partial charge in [0, 0.05) is 6.04 Å². The van der Waals surface area contributed by atoms with Crippen LogP contribution >= 0.6 is 0 Å². The number of nitrogens with two attached hydrogens (primary N) is 1. The van der Waals surface area contributed by atoms with Crippen molar-refractivity contribution in [2.45, 2.75) is 13.0 Å². The summed E-state index contributed by atoms with van der Waals surface area (Å²) < 4.78 is 23.3. The van der Waals surface area contributed by atoms with Crippen molar-refractivity contribution >= 4 is 10.0 Å². The van der Waals surface area contributed by atoms with Crippen LogP contribution in [-0.4, -0.2) is 27.3 Å². The highest BCUT2D eigenvalue weighted by atomic mass is 32.2. The van der Waals surface area contributed by atoms with Gasteiger partial charge in [-0.05, 0) is 6.92 Å². The molecule has 0 rings (SSSR count). The summed E-state index contributed by atoms with van der Waals surface area (Å²) in [4.78, 5) is 4.22. The summed E-state index contributed by atoms with van der Waals surface area (Å²) in [5, 5.41) is 0. The van der Waals surface area contributed by atoms with Crippen LogP contribution in [0.2, 0.25) is 0 Å². The first-order valence-electron chi connectivity index (χ1n) is 2.74. The smallest absolute Gasteiger partial charge is 0.209 e. The Morgan fingerprint density at radius 3 is 2.50 bits per heavy atom. The molecule has 0 saturated heterocycles. The Morgan fingerprint density at radius 2 is 2.20 bits per heavy atom. The van der Waals surface area contributed by atoms with Gasteiger partial charge < -0.3 is 4.84 Å². The van der Waals surface area contributed by atoms with E-state index in [2.05, 4.69) is 9.56 Å². The number of sulfonamides is 1. The molecule has 1 atom stereocenters. The predicted molar refractivity (Wildman–Crippen MR) is 37.6 cm³/mol. The Bertz CT molecular complexity index is 177. The number of nitrogens with one attached hydrogen (secondary N) is 1. The van der Waals surface area contributed by atoms with Crippen LogP contribution in [0.1, 0.15) is 6.92 Å². The molecule has 0 bridgehead atoms. The van der Waals surface area contributed by atoms with Gasteiger partial charge in [0.15, 0.2) is 0 Å². The van der Waals surface area contributed by atoms with Gasteiger partial charge >= 0.3 is 0 Å². The van der Waals surface area contributed by atoms with Gasteiger partial charge in [0.25, 0.3) is 0 Å². The summed E-state index contributed by atoms with van der Waals surface area (Å²) in [5.41, 5.74) is 0. The highest BCUT2D eigenvalue weighted by Gasteiger charge is 2.06. The number of hydrogen-bond acceptors (Lipinski definition) is 4. The maximum absolute atomic E-state index is 10.5. The lowest BCUT2D eigenvalue weighted by Crippen LogP contribution is -2.35. The minimum atomic E-state index is -3.13. The van der Waals surface area contributed by atoms with Crippen molar-refractivity contribution in [2.24, 2.45) is 5.90 Å². The Kier molecular flexibility index (Phi) is 3.80. The predicted octanol–water partition coefficient (Wildman–Crippen LogP) is -1.19. The standard InChI is InChI=1S/C4H12N2O3S/c1-4(3-9-5)6-10(2,7)8/h4,6H,3,5H2,1-2H3. The molecule has 6 heteroatoms. The van der Waals surface area contributed by atoms with Gasteiger partial charge in [-0.1, -0.05) is 0 Å². The van der Waals surface area contributed by atoms with E-state index >= 15 is 0 Å². The minimum Gasteiger partial charge on any atom is -0.303 e. The molecule has 62 valence electrons. The molecule has 0 aliphatic rings. The van der Waals surface area contributed by atoms with Crippen molar-refractivity contribution in [3.05, 3.63) is 0 Å². The topological polar surface area (TPSA) is 81.4 Å². The summed E-state index contributed by atoms with van der Waals surface area (Å²) in [6.07, 6.45) is 1.08. The molecular weight excluding hydrogens is 156 g/mol. The van der Waals surface area contributed by atoms with E-state index in [0.29, 0.717) is 0 Å². The van der Waals surface area contributed by atoms with Crippen molar-refractivity contribution in [3.8, 4) is 0 Å². The lowest BCUT2D eigenvalue weighted by Gasteiger charge is -2.08. The fraction of sp³-hybridized carbons (Fsp3) is 1.00. The molecule has 0 aromatic rings. The average molecular weight is 168 g/mol. The largest absolute Gasteiger partial charge is 0.303 e. The van der Waals surface area contributed by atoms with Crippen LogP contribution in [0.4, 0.5) is 0 Å². The van der Waals surface area contributed by atoms with Crippen LogP contribution in [-0.2, 0) is 14.9 Å². The molecule has 0 fully saturated rings. The highest BCUT2D eigenvalue weighted by Crippen LogP contribution is 1.83. The summed E-state index contributed by atoms with van der Waals surface area (Å²) in [6.45, 7) is 1.83. The van der Waals surface area contributed by atoms with Gasteiger partial charge in [0.2, 0.25) is 10.0 Å².